The molecule has 7 heteroatoms. The smallest absolute Gasteiger partial charge is 0.243 e. The molecule has 0 radical (unpaired) electrons. The van der Waals surface area contributed by atoms with Crippen LogP contribution in [0.4, 0.5) is 5.82 Å². The molecule has 0 aliphatic heterocycles. The van der Waals surface area contributed by atoms with Crippen molar-refractivity contribution in [1.29, 1.82) is 0 Å². The minimum absolute atomic E-state index is 0.119. The first kappa shape index (κ1) is 20.1. The van der Waals surface area contributed by atoms with Crippen molar-refractivity contribution in [2.45, 2.75) is 38.5 Å². The third kappa shape index (κ3) is 4.89. The maximum absolute atomic E-state index is 12.5. The number of benzene rings is 1. The van der Waals surface area contributed by atoms with E-state index in [4.69, 9.17) is 0 Å². The number of nitrogens with zero attached hydrogens (tertiary/aromatic N) is 2. The number of aryl methyl sites for hydroxylation is 2. The SMILES string of the molecule is CCN(CC)S(=O)(=O)c1ccc(CCC(=O)Nc2ncccc2C)cc1. The molecule has 140 valence electrons. The van der Waals surface area contributed by atoms with Crippen molar-refractivity contribution in [3.63, 3.8) is 0 Å². The van der Waals surface area contributed by atoms with E-state index in [0.717, 1.165) is 11.1 Å². The molecular formula is C19H25N3O3S. The predicted molar refractivity (Wildman–Crippen MR) is 102 cm³/mol. The van der Waals surface area contributed by atoms with E-state index in [9.17, 15) is 13.2 Å². The van der Waals surface area contributed by atoms with Gasteiger partial charge >= 0.3 is 0 Å². The average molecular weight is 375 g/mol. The van der Waals surface area contributed by atoms with Gasteiger partial charge in [0.2, 0.25) is 15.9 Å². The highest BCUT2D eigenvalue weighted by atomic mass is 32.2. The Bertz CT molecular complexity index is 845. The van der Waals surface area contributed by atoms with Crippen LogP contribution in [0.15, 0.2) is 47.5 Å². The zero-order valence-corrected chi connectivity index (χ0v) is 16.2. The van der Waals surface area contributed by atoms with Crippen LogP contribution in [0.25, 0.3) is 0 Å². The molecule has 1 N–H and O–H groups in total. The number of anilines is 1. The average Bonchev–Trinajstić information content (AvgIpc) is 2.63. The molecule has 1 heterocycles. The quantitative estimate of drug-likeness (QED) is 0.769. The van der Waals surface area contributed by atoms with E-state index in [0.29, 0.717) is 31.7 Å². The van der Waals surface area contributed by atoms with Gasteiger partial charge in [-0.1, -0.05) is 32.0 Å². The summed E-state index contributed by atoms with van der Waals surface area (Å²) in [5.41, 5.74) is 1.82. The number of nitrogens with one attached hydrogen (secondary N) is 1. The van der Waals surface area contributed by atoms with Gasteiger partial charge in [0.15, 0.2) is 0 Å². The molecule has 0 spiro atoms. The van der Waals surface area contributed by atoms with Gasteiger partial charge < -0.3 is 5.32 Å². The Morgan fingerprint density at radius 2 is 1.77 bits per heavy atom. The molecule has 0 aliphatic rings. The Labute approximate surface area is 155 Å². The molecule has 1 aromatic heterocycles. The number of carbonyl (C=O) groups excluding carboxylic acids is 1. The van der Waals surface area contributed by atoms with Gasteiger partial charge in [0.25, 0.3) is 0 Å². The summed E-state index contributed by atoms with van der Waals surface area (Å²) in [5.74, 6) is 0.449. The number of carbonyl (C=O) groups is 1. The number of pyridine rings is 1. The Kier molecular flexibility index (Phi) is 6.88. The zero-order valence-electron chi connectivity index (χ0n) is 15.4. The van der Waals surface area contributed by atoms with Crippen LogP contribution in [0.1, 0.15) is 31.4 Å². The van der Waals surface area contributed by atoms with Crippen LogP contribution in [0.5, 0.6) is 0 Å². The van der Waals surface area contributed by atoms with Crippen molar-refractivity contribution in [3.8, 4) is 0 Å². The first-order valence-electron chi connectivity index (χ1n) is 8.69. The number of amides is 1. The van der Waals surface area contributed by atoms with Crippen molar-refractivity contribution in [2.24, 2.45) is 0 Å². The molecule has 0 fully saturated rings. The van der Waals surface area contributed by atoms with Crippen molar-refractivity contribution in [1.82, 2.24) is 9.29 Å². The molecule has 1 amide bonds. The number of aromatic nitrogens is 1. The van der Waals surface area contributed by atoms with Crippen LogP contribution in [-0.2, 0) is 21.2 Å². The highest BCUT2D eigenvalue weighted by molar-refractivity contribution is 7.89. The standard InChI is InChI=1S/C19H25N3O3S/c1-4-22(5-2)26(24,25)17-11-8-16(9-12-17)10-13-18(23)21-19-15(3)7-6-14-20-19/h6-9,11-12,14H,4-5,10,13H2,1-3H3,(H,20,21,23). The molecule has 2 rings (SSSR count). The van der Waals surface area contributed by atoms with Crippen molar-refractivity contribution >= 4 is 21.7 Å². The highest BCUT2D eigenvalue weighted by Gasteiger charge is 2.21. The second kappa shape index (κ2) is 8.91. The monoisotopic (exact) mass is 375 g/mol. The summed E-state index contributed by atoms with van der Waals surface area (Å²) in [4.78, 5) is 16.5. The van der Waals surface area contributed by atoms with E-state index in [1.807, 2.05) is 32.9 Å². The van der Waals surface area contributed by atoms with Gasteiger partial charge in [-0.3, -0.25) is 4.79 Å². The molecule has 0 unspecified atom stereocenters. The fourth-order valence-corrected chi connectivity index (χ4v) is 4.07. The molecule has 0 bridgehead atoms. The summed E-state index contributed by atoms with van der Waals surface area (Å²) in [6.45, 7) is 6.40. The van der Waals surface area contributed by atoms with Crippen LogP contribution >= 0.6 is 0 Å². The Morgan fingerprint density at radius 3 is 2.35 bits per heavy atom. The third-order valence-corrected chi connectivity index (χ3v) is 6.24. The van der Waals surface area contributed by atoms with Crippen LogP contribution in [0.3, 0.4) is 0 Å². The molecule has 2 aromatic rings. The summed E-state index contributed by atoms with van der Waals surface area (Å²) in [5, 5.41) is 2.79. The number of hydrogen-bond donors (Lipinski definition) is 1. The Hall–Kier alpha value is -2.25. The van der Waals surface area contributed by atoms with Gasteiger partial charge in [-0.15, -0.1) is 0 Å². The maximum atomic E-state index is 12.5. The molecule has 26 heavy (non-hydrogen) atoms. The van der Waals surface area contributed by atoms with Gasteiger partial charge in [0, 0.05) is 25.7 Å². The lowest BCUT2D eigenvalue weighted by atomic mass is 10.1. The summed E-state index contributed by atoms with van der Waals surface area (Å²) in [7, 11) is -3.45. The van der Waals surface area contributed by atoms with Crippen LogP contribution in [0.2, 0.25) is 0 Å². The van der Waals surface area contributed by atoms with Gasteiger partial charge in [-0.2, -0.15) is 4.31 Å². The Morgan fingerprint density at radius 1 is 1.12 bits per heavy atom. The molecular weight excluding hydrogens is 350 g/mol. The molecule has 0 aliphatic carbocycles. The predicted octanol–water partition coefficient (Wildman–Crippen LogP) is 2.99. The van der Waals surface area contributed by atoms with E-state index >= 15 is 0 Å². The number of rotatable bonds is 8. The van der Waals surface area contributed by atoms with Gasteiger partial charge in [0.05, 0.1) is 4.90 Å². The minimum Gasteiger partial charge on any atom is -0.310 e. The second-order valence-corrected chi connectivity index (χ2v) is 7.89. The molecule has 0 atom stereocenters. The van der Waals surface area contributed by atoms with Crippen LogP contribution in [-0.4, -0.2) is 36.7 Å². The van der Waals surface area contributed by atoms with Crippen LogP contribution in [0, 0.1) is 6.92 Å². The summed E-state index contributed by atoms with van der Waals surface area (Å²) in [6.07, 6.45) is 2.47. The number of hydrogen-bond acceptors (Lipinski definition) is 4. The zero-order chi connectivity index (χ0) is 19.2. The van der Waals surface area contributed by atoms with E-state index < -0.39 is 10.0 Å². The van der Waals surface area contributed by atoms with Gasteiger partial charge in [-0.05, 0) is 42.7 Å². The van der Waals surface area contributed by atoms with Crippen molar-refractivity contribution < 1.29 is 13.2 Å². The van der Waals surface area contributed by atoms with E-state index in [1.54, 1.807) is 30.5 Å². The van der Waals surface area contributed by atoms with E-state index in [1.165, 1.54) is 4.31 Å². The van der Waals surface area contributed by atoms with Gasteiger partial charge in [0.1, 0.15) is 5.82 Å². The largest absolute Gasteiger partial charge is 0.310 e. The maximum Gasteiger partial charge on any atom is 0.243 e. The summed E-state index contributed by atoms with van der Waals surface area (Å²) >= 11 is 0. The molecule has 0 saturated carbocycles. The topological polar surface area (TPSA) is 79.4 Å². The summed E-state index contributed by atoms with van der Waals surface area (Å²) in [6, 6.07) is 10.4. The van der Waals surface area contributed by atoms with Crippen LogP contribution < -0.4 is 5.32 Å². The molecule has 0 saturated heterocycles. The van der Waals surface area contributed by atoms with E-state index in [-0.39, 0.29) is 10.8 Å². The minimum atomic E-state index is -3.45. The summed E-state index contributed by atoms with van der Waals surface area (Å²) < 4.78 is 26.3. The highest BCUT2D eigenvalue weighted by Crippen LogP contribution is 2.17. The molecule has 1 aromatic carbocycles. The second-order valence-electron chi connectivity index (χ2n) is 5.95. The molecule has 6 nitrogen and oxygen atoms in total. The fourth-order valence-electron chi connectivity index (χ4n) is 2.61. The lowest BCUT2D eigenvalue weighted by molar-refractivity contribution is -0.116. The lowest BCUT2D eigenvalue weighted by Crippen LogP contribution is -2.30. The van der Waals surface area contributed by atoms with Gasteiger partial charge in [-0.25, -0.2) is 13.4 Å². The third-order valence-electron chi connectivity index (χ3n) is 4.17. The Balaban J connectivity index is 1.97. The van der Waals surface area contributed by atoms with E-state index in [2.05, 4.69) is 10.3 Å². The lowest BCUT2D eigenvalue weighted by Gasteiger charge is -2.18. The first-order valence-corrected chi connectivity index (χ1v) is 10.1. The fraction of sp³-hybridized carbons (Fsp3) is 0.368. The first-order chi connectivity index (χ1) is 12.4. The number of sulfonamides is 1. The normalized spacial score (nSPS) is 11.5. The van der Waals surface area contributed by atoms with Crippen molar-refractivity contribution in [2.75, 3.05) is 18.4 Å². The van der Waals surface area contributed by atoms with Crippen molar-refractivity contribution in [3.05, 3.63) is 53.7 Å².